The standard InChI is InChI=1S/C15H15FN2O3/c1-8-7-9(5-6-12(8)16)13-17-14(21-18-13)10-3-2-4-11(10)15(19)20/h5-7,10-11H,2-4H2,1H3,(H,19,20). The second-order valence-electron chi connectivity index (χ2n) is 5.40. The number of hydrogen-bond donors (Lipinski definition) is 1. The number of aromatic nitrogens is 2. The van der Waals surface area contributed by atoms with E-state index in [1.165, 1.54) is 6.07 Å². The van der Waals surface area contributed by atoms with Gasteiger partial charge in [0.1, 0.15) is 5.82 Å². The molecule has 110 valence electrons. The van der Waals surface area contributed by atoms with Crippen LogP contribution in [-0.4, -0.2) is 21.2 Å². The third-order valence-corrected chi connectivity index (χ3v) is 4.01. The van der Waals surface area contributed by atoms with Crippen LogP contribution in [0.3, 0.4) is 0 Å². The van der Waals surface area contributed by atoms with Gasteiger partial charge in [-0.15, -0.1) is 0 Å². The van der Waals surface area contributed by atoms with E-state index in [4.69, 9.17) is 4.52 Å². The number of carboxylic acids is 1. The van der Waals surface area contributed by atoms with Crippen molar-refractivity contribution in [1.29, 1.82) is 0 Å². The summed E-state index contributed by atoms with van der Waals surface area (Å²) in [6.07, 6.45) is 2.21. The molecule has 0 bridgehead atoms. The minimum absolute atomic E-state index is 0.231. The molecule has 1 fully saturated rings. The Morgan fingerprint density at radius 2 is 2.24 bits per heavy atom. The largest absolute Gasteiger partial charge is 0.481 e. The van der Waals surface area contributed by atoms with Crippen molar-refractivity contribution in [2.24, 2.45) is 5.92 Å². The van der Waals surface area contributed by atoms with Gasteiger partial charge in [0.05, 0.1) is 11.8 Å². The first-order valence-corrected chi connectivity index (χ1v) is 6.89. The molecule has 6 heteroatoms. The van der Waals surface area contributed by atoms with E-state index in [9.17, 15) is 14.3 Å². The number of halogens is 1. The lowest BCUT2D eigenvalue weighted by molar-refractivity contribution is -0.142. The smallest absolute Gasteiger partial charge is 0.307 e. The zero-order chi connectivity index (χ0) is 15.0. The average Bonchev–Trinajstić information content (AvgIpc) is 3.09. The van der Waals surface area contributed by atoms with Gasteiger partial charge in [-0.25, -0.2) is 4.39 Å². The quantitative estimate of drug-likeness (QED) is 0.939. The van der Waals surface area contributed by atoms with Crippen LogP contribution in [0.15, 0.2) is 22.7 Å². The zero-order valence-electron chi connectivity index (χ0n) is 11.5. The summed E-state index contributed by atoms with van der Waals surface area (Å²) in [5, 5.41) is 13.1. The molecule has 2 aromatic rings. The summed E-state index contributed by atoms with van der Waals surface area (Å²) in [5.74, 6) is -1.08. The number of hydrogen-bond acceptors (Lipinski definition) is 4. The summed E-state index contributed by atoms with van der Waals surface area (Å²) in [6.45, 7) is 1.66. The second-order valence-corrected chi connectivity index (χ2v) is 5.40. The average molecular weight is 290 g/mol. The Balaban J connectivity index is 1.89. The van der Waals surface area contributed by atoms with Crippen LogP contribution < -0.4 is 0 Å². The molecule has 1 aromatic heterocycles. The molecule has 1 heterocycles. The van der Waals surface area contributed by atoms with Crippen molar-refractivity contribution in [2.75, 3.05) is 0 Å². The molecule has 1 aromatic carbocycles. The molecule has 0 spiro atoms. The first kappa shape index (κ1) is 13.7. The van der Waals surface area contributed by atoms with Crippen LogP contribution in [0.25, 0.3) is 11.4 Å². The monoisotopic (exact) mass is 290 g/mol. The molecule has 2 unspecified atom stereocenters. The van der Waals surface area contributed by atoms with Gasteiger partial charge in [0.2, 0.25) is 11.7 Å². The van der Waals surface area contributed by atoms with Gasteiger partial charge in [0.25, 0.3) is 0 Å². The molecular formula is C15H15FN2O3. The lowest BCUT2D eigenvalue weighted by Gasteiger charge is -2.10. The minimum atomic E-state index is -0.824. The van der Waals surface area contributed by atoms with E-state index in [2.05, 4.69) is 10.1 Å². The number of rotatable bonds is 3. The first-order chi connectivity index (χ1) is 10.1. The van der Waals surface area contributed by atoms with Crippen molar-refractivity contribution in [1.82, 2.24) is 10.1 Å². The molecule has 0 aliphatic heterocycles. The van der Waals surface area contributed by atoms with Gasteiger partial charge in [0, 0.05) is 5.56 Å². The van der Waals surface area contributed by atoms with Crippen molar-refractivity contribution in [3.63, 3.8) is 0 Å². The number of aryl methyl sites for hydroxylation is 1. The van der Waals surface area contributed by atoms with Crippen molar-refractivity contribution in [2.45, 2.75) is 32.1 Å². The summed E-state index contributed by atoms with van der Waals surface area (Å²) >= 11 is 0. The summed E-state index contributed by atoms with van der Waals surface area (Å²) in [7, 11) is 0. The molecule has 1 aliphatic carbocycles. The van der Waals surface area contributed by atoms with Gasteiger partial charge in [-0.3, -0.25) is 4.79 Å². The predicted octanol–water partition coefficient (Wildman–Crippen LogP) is 3.15. The van der Waals surface area contributed by atoms with Crippen LogP contribution in [0.5, 0.6) is 0 Å². The fourth-order valence-electron chi connectivity index (χ4n) is 2.84. The summed E-state index contributed by atoms with van der Waals surface area (Å²) < 4.78 is 18.5. The Bertz CT molecular complexity index is 683. The molecule has 0 amide bonds. The van der Waals surface area contributed by atoms with Gasteiger partial charge in [0.15, 0.2) is 0 Å². The molecule has 21 heavy (non-hydrogen) atoms. The fourth-order valence-corrected chi connectivity index (χ4v) is 2.84. The van der Waals surface area contributed by atoms with Crippen molar-refractivity contribution < 1.29 is 18.8 Å². The molecule has 1 N–H and O–H groups in total. The molecule has 0 saturated heterocycles. The third-order valence-electron chi connectivity index (χ3n) is 4.01. The van der Waals surface area contributed by atoms with Gasteiger partial charge >= 0.3 is 5.97 Å². The Morgan fingerprint density at radius 3 is 2.95 bits per heavy atom. The van der Waals surface area contributed by atoms with Gasteiger partial charge in [-0.2, -0.15) is 4.98 Å². The Hall–Kier alpha value is -2.24. The summed E-state index contributed by atoms with van der Waals surface area (Å²) in [5.41, 5.74) is 1.16. The summed E-state index contributed by atoms with van der Waals surface area (Å²) in [6, 6.07) is 4.59. The van der Waals surface area contributed by atoms with E-state index in [1.807, 2.05) is 0 Å². The maximum Gasteiger partial charge on any atom is 0.307 e. The highest BCUT2D eigenvalue weighted by atomic mass is 19.1. The van der Waals surface area contributed by atoms with E-state index in [0.29, 0.717) is 29.3 Å². The lowest BCUT2D eigenvalue weighted by atomic mass is 9.96. The van der Waals surface area contributed by atoms with Crippen LogP contribution in [0.2, 0.25) is 0 Å². The minimum Gasteiger partial charge on any atom is -0.481 e. The molecular weight excluding hydrogens is 275 g/mol. The molecule has 2 atom stereocenters. The predicted molar refractivity (Wildman–Crippen MR) is 72.1 cm³/mol. The maximum atomic E-state index is 13.3. The van der Waals surface area contributed by atoms with Gasteiger partial charge < -0.3 is 9.63 Å². The second kappa shape index (κ2) is 5.27. The number of carboxylic acid groups (broad SMARTS) is 1. The van der Waals surface area contributed by atoms with Crippen molar-refractivity contribution >= 4 is 5.97 Å². The highest BCUT2D eigenvalue weighted by Crippen LogP contribution is 2.39. The van der Waals surface area contributed by atoms with E-state index < -0.39 is 11.9 Å². The lowest BCUT2D eigenvalue weighted by Crippen LogP contribution is -2.17. The molecule has 5 nitrogen and oxygen atoms in total. The van der Waals surface area contributed by atoms with Gasteiger partial charge in [-0.1, -0.05) is 11.6 Å². The van der Waals surface area contributed by atoms with Gasteiger partial charge in [-0.05, 0) is 43.5 Å². The Kier molecular flexibility index (Phi) is 3.45. The Morgan fingerprint density at radius 1 is 1.43 bits per heavy atom. The number of aliphatic carboxylic acids is 1. The SMILES string of the molecule is Cc1cc(-c2noc(C3CCCC3C(=O)O)n2)ccc1F. The molecule has 3 rings (SSSR count). The van der Waals surface area contributed by atoms with Crippen molar-refractivity contribution in [3.05, 3.63) is 35.5 Å². The van der Waals surface area contributed by atoms with E-state index >= 15 is 0 Å². The number of benzene rings is 1. The molecule has 1 saturated carbocycles. The van der Waals surface area contributed by atoms with E-state index in [0.717, 1.165) is 12.8 Å². The van der Waals surface area contributed by atoms with Crippen LogP contribution in [0, 0.1) is 18.7 Å². The highest BCUT2D eigenvalue weighted by molar-refractivity contribution is 5.71. The van der Waals surface area contributed by atoms with Crippen LogP contribution >= 0.6 is 0 Å². The third kappa shape index (κ3) is 2.53. The number of carbonyl (C=O) groups is 1. The first-order valence-electron chi connectivity index (χ1n) is 6.89. The number of nitrogens with zero attached hydrogens (tertiary/aromatic N) is 2. The normalized spacial score (nSPS) is 21.6. The zero-order valence-corrected chi connectivity index (χ0v) is 11.5. The van der Waals surface area contributed by atoms with Crippen molar-refractivity contribution in [3.8, 4) is 11.4 Å². The molecule has 0 radical (unpaired) electrons. The Labute approximate surface area is 120 Å². The fraction of sp³-hybridized carbons (Fsp3) is 0.400. The van der Waals surface area contributed by atoms with E-state index in [-0.39, 0.29) is 11.7 Å². The van der Waals surface area contributed by atoms with Crippen LogP contribution in [0.4, 0.5) is 4.39 Å². The van der Waals surface area contributed by atoms with E-state index in [1.54, 1.807) is 19.1 Å². The highest BCUT2D eigenvalue weighted by Gasteiger charge is 2.37. The molecule has 1 aliphatic rings. The summed E-state index contributed by atoms with van der Waals surface area (Å²) in [4.78, 5) is 15.5. The van der Waals surface area contributed by atoms with Crippen LogP contribution in [-0.2, 0) is 4.79 Å². The topological polar surface area (TPSA) is 76.2 Å². The van der Waals surface area contributed by atoms with Crippen LogP contribution in [0.1, 0.15) is 36.6 Å². The maximum absolute atomic E-state index is 13.3.